The molecule has 0 unspecified atom stereocenters. The lowest BCUT2D eigenvalue weighted by molar-refractivity contribution is -0.136. The molecule has 1 aromatic carbocycles. The molecule has 1 saturated heterocycles. The third-order valence-corrected chi connectivity index (χ3v) is 5.21. The van der Waals surface area contributed by atoms with E-state index in [0.29, 0.717) is 16.7 Å². The van der Waals surface area contributed by atoms with Gasteiger partial charge in [-0.1, -0.05) is 30.0 Å². The molecule has 2 N–H and O–H groups in total. The van der Waals surface area contributed by atoms with Crippen molar-refractivity contribution in [1.29, 1.82) is 0 Å². The fraction of sp³-hybridized carbons (Fsp3) is 0.429. The van der Waals surface area contributed by atoms with E-state index >= 15 is 0 Å². The van der Waals surface area contributed by atoms with Crippen molar-refractivity contribution in [2.75, 3.05) is 19.0 Å². The van der Waals surface area contributed by atoms with Crippen molar-refractivity contribution in [1.82, 2.24) is 4.90 Å². The highest BCUT2D eigenvalue weighted by molar-refractivity contribution is 8.15. The fourth-order valence-electron chi connectivity index (χ4n) is 3.29. The summed E-state index contributed by atoms with van der Waals surface area (Å²) in [4.78, 5) is 18.3. The van der Waals surface area contributed by atoms with Crippen molar-refractivity contribution in [3.05, 3.63) is 29.8 Å². The van der Waals surface area contributed by atoms with E-state index in [4.69, 9.17) is 4.74 Å². The predicted molar refractivity (Wildman–Crippen MR) is 76.9 cm³/mol. The molecule has 0 aliphatic carbocycles. The monoisotopic (exact) mass is 306 g/mol. The number of benzene rings is 1. The Balaban J connectivity index is 1.97. The number of rotatable bonds is 2. The van der Waals surface area contributed by atoms with Gasteiger partial charge in [0.05, 0.1) is 24.3 Å². The lowest BCUT2D eigenvalue weighted by Gasteiger charge is -2.50. The smallest absolute Gasteiger partial charge is 0.239 e. The van der Waals surface area contributed by atoms with E-state index in [1.807, 2.05) is 18.2 Å². The quantitative estimate of drug-likeness (QED) is 0.824. The molecule has 0 saturated carbocycles. The second-order valence-corrected chi connectivity index (χ2v) is 6.27. The van der Waals surface area contributed by atoms with E-state index in [0.717, 1.165) is 5.56 Å². The van der Waals surface area contributed by atoms with Gasteiger partial charge in [-0.05, 0) is 6.07 Å². The van der Waals surface area contributed by atoms with Crippen LogP contribution in [0.1, 0.15) is 11.6 Å². The van der Waals surface area contributed by atoms with E-state index in [9.17, 15) is 15.0 Å². The minimum atomic E-state index is -1.21. The maximum absolute atomic E-state index is 12.2. The lowest BCUT2D eigenvalue weighted by Crippen LogP contribution is -2.60. The van der Waals surface area contributed by atoms with Gasteiger partial charge in [0.2, 0.25) is 11.6 Å². The number of thioether (sulfide) groups is 1. The van der Waals surface area contributed by atoms with E-state index in [-0.39, 0.29) is 25.2 Å². The number of hydrogen-bond donors (Lipinski definition) is 2. The minimum Gasteiger partial charge on any atom is -0.463 e. The Labute approximate surface area is 125 Å². The van der Waals surface area contributed by atoms with Crippen LogP contribution < -0.4 is 4.74 Å². The summed E-state index contributed by atoms with van der Waals surface area (Å²) in [6.45, 7) is -0.556. The van der Waals surface area contributed by atoms with Crippen molar-refractivity contribution in [3.8, 4) is 5.75 Å². The summed E-state index contributed by atoms with van der Waals surface area (Å²) in [7, 11) is 0. The van der Waals surface area contributed by atoms with Crippen LogP contribution in [0.25, 0.3) is 0 Å². The normalized spacial score (nSPS) is 33.1. The van der Waals surface area contributed by atoms with Crippen LogP contribution in [0.5, 0.6) is 5.75 Å². The first-order valence-electron chi connectivity index (χ1n) is 6.74. The van der Waals surface area contributed by atoms with E-state index in [1.54, 1.807) is 11.0 Å². The Hall–Kier alpha value is -1.57. The van der Waals surface area contributed by atoms with Gasteiger partial charge in [-0.15, -0.1) is 0 Å². The van der Waals surface area contributed by atoms with Gasteiger partial charge < -0.3 is 14.9 Å². The highest BCUT2D eigenvalue weighted by Crippen LogP contribution is 2.52. The largest absolute Gasteiger partial charge is 0.463 e. The van der Waals surface area contributed by atoms with Crippen LogP contribution in [-0.2, 0) is 4.79 Å². The highest BCUT2D eigenvalue weighted by Gasteiger charge is 2.58. The first kappa shape index (κ1) is 13.1. The molecular formula is C14H14N2O4S. The predicted octanol–water partition coefficient (Wildman–Crippen LogP) is 0.362. The van der Waals surface area contributed by atoms with Gasteiger partial charge in [-0.3, -0.25) is 9.69 Å². The summed E-state index contributed by atoms with van der Waals surface area (Å²) in [5.41, 5.74) is -0.360. The summed E-state index contributed by atoms with van der Waals surface area (Å²) in [5.74, 6) is 0.431. The SMILES string of the molecule is O=C1CSC2=N[C@]3(CO)Oc4ccccc4[C@H]([C@H]3CO)N12. The average molecular weight is 306 g/mol. The zero-order valence-corrected chi connectivity index (χ0v) is 11.9. The number of carbonyl (C=O) groups excluding carboxylic acids is 1. The Kier molecular flexibility index (Phi) is 2.79. The van der Waals surface area contributed by atoms with E-state index < -0.39 is 11.6 Å². The molecule has 1 aromatic rings. The first-order valence-corrected chi connectivity index (χ1v) is 7.73. The number of aliphatic hydroxyl groups is 2. The first-order chi connectivity index (χ1) is 10.2. The van der Waals surface area contributed by atoms with Gasteiger partial charge in [0, 0.05) is 5.56 Å². The summed E-state index contributed by atoms with van der Waals surface area (Å²) in [6.07, 6.45) is 0. The second-order valence-electron chi connectivity index (χ2n) is 5.32. The summed E-state index contributed by atoms with van der Waals surface area (Å²) >= 11 is 1.35. The number of ether oxygens (including phenoxy) is 1. The van der Waals surface area contributed by atoms with Gasteiger partial charge in [-0.2, -0.15) is 0 Å². The number of amidine groups is 1. The van der Waals surface area contributed by atoms with Crippen LogP contribution in [0, 0.1) is 5.92 Å². The van der Waals surface area contributed by atoms with Crippen LogP contribution in [0.4, 0.5) is 0 Å². The molecule has 0 spiro atoms. The number of nitrogens with zero attached hydrogens (tertiary/aromatic N) is 2. The van der Waals surface area contributed by atoms with Gasteiger partial charge in [-0.25, -0.2) is 4.99 Å². The molecular weight excluding hydrogens is 292 g/mol. The van der Waals surface area contributed by atoms with Crippen molar-refractivity contribution < 1.29 is 19.7 Å². The van der Waals surface area contributed by atoms with Crippen molar-refractivity contribution >= 4 is 22.8 Å². The molecule has 3 aliphatic heterocycles. The van der Waals surface area contributed by atoms with Crippen LogP contribution in [0.3, 0.4) is 0 Å². The maximum atomic E-state index is 12.2. The number of carbonyl (C=O) groups is 1. The zero-order valence-electron chi connectivity index (χ0n) is 11.1. The van der Waals surface area contributed by atoms with Crippen molar-refractivity contribution in [3.63, 3.8) is 0 Å². The zero-order chi connectivity index (χ0) is 14.6. The second kappa shape index (κ2) is 4.46. The maximum Gasteiger partial charge on any atom is 0.239 e. The highest BCUT2D eigenvalue weighted by atomic mass is 32.2. The molecule has 1 fully saturated rings. The Morgan fingerprint density at radius 2 is 2.24 bits per heavy atom. The Bertz CT molecular complexity index is 650. The minimum absolute atomic E-state index is 0.0227. The molecule has 3 aliphatic rings. The number of aliphatic hydroxyl groups excluding tert-OH is 2. The molecule has 2 bridgehead atoms. The Morgan fingerprint density at radius 3 is 3.00 bits per heavy atom. The molecule has 3 atom stereocenters. The Morgan fingerprint density at radius 1 is 1.43 bits per heavy atom. The number of fused-ring (bicyclic) bond motifs is 6. The molecule has 6 nitrogen and oxygen atoms in total. The fourth-order valence-corrected chi connectivity index (χ4v) is 4.26. The van der Waals surface area contributed by atoms with E-state index in [2.05, 4.69) is 4.99 Å². The van der Waals surface area contributed by atoms with Gasteiger partial charge >= 0.3 is 0 Å². The van der Waals surface area contributed by atoms with Crippen LogP contribution in [0.15, 0.2) is 29.3 Å². The number of para-hydroxylation sites is 1. The lowest BCUT2D eigenvalue weighted by atomic mass is 9.80. The summed E-state index contributed by atoms with van der Waals surface area (Å²) < 4.78 is 5.94. The molecule has 3 heterocycles. The topological polar surface area (TPSA) is 82.4 Å². The number of hydrogen-bond acceptors (Lipinski definition) is 6. The third-order valence-electron chi connectivity index (χ3n) is 4.27. The molecule has 1 amide bonds. The van der Waals surface area contributed by atoms with Crippen LogP contribution in [-0.4, -0.2) is 50.9 Å². The average Bonchev–Trinajstić information content (AvgIpc) is 2.86. The molecule has 110 valence electrons. The summed E-state index contributed by atoms with van der Waals surface area (Å²) in [6, 6.07) is 7.06. The molecule has 21 heavy (non-hydrogen) atoms. The molecule has 7 heteroatoms. The van der Waals surface area contributed by atoms with Crippen molar-refractivity contribution in [2.45, 2.75) is 11.8 Å². The number of amides is 1. The standard InChI is InChI=1S/C14H14N2O4S/c17-5-9-12-8-3-1-2-4-10(8)20-14(9,7-18)15-13-16(12)11(19)6-21-13/h1-4,9,12,17-18H,5-7H2/t9-,12-,14-/m1/s1. The van der Waals surface area contributed by atoms with Crippen LogP contribution >= 0.6 is 11.8 Å². The van der Waals surface area contributed by atoms with Crippen molar-refractivity contribution in [2.24, 2.45) is 10.9 Å². The van der Waals surface area contributed by atoms with Gasteiger partial charge in [0.1, 0.15) is 12.4 Å². The van der Waals surface area contributed by atoms with Gasteiger partial charge in [0.25, 0.3) is 0 Å². The molecule has 0 aromatic heterocycles. The molecule has 4 rings (SSSR count). The van der Waals surface area contributed by atoms with Crippen LogP contribution in [0.2, 0.25) is 0 Å². The molecule has 0 radical (unpaired) electrons. The van der Waals surface area contributed by atoms with Gasteiger partial charge in [0.15, 0.2) is 5.17 Å². The van der Waals surface area contributed by atoms with E-state index in [1.165, 1.54) is 11.8 Å². The third kappa shape index (κ3) is 1.62. The summed E-state index contributed by atoms with van der Waals surface area (Å²) in [5, 5.41) is 20.2. The number of aliphatic imine (C=N–C) groups is 1.